The van der Waals surface area contributed by atoms with Crippen LogP contribution in [0.15, 0.2) is 188 Å². The van der Waals surface area contributed by atoms with Gasteiger partial charge in [0.1, 0.15) is 11.4 Å². The Bertz CT molecular complexity index is 3780. The van der Waals surface area contributed by atoms with Gasteiger partial charge in [-0.25, -0.2) is 25.3 Å². The average molecular weight is 1660 g/mol. The van der Waals surface area contributed by atoms with E-state index in [0.29, 0.717) is 46.0 Å². The molecule has 5 N–H and O–H groups in total. The van der Waals surface area contributed by atoms with Crippen molar-refractivity contribution in [1.82, 2.24) is 4.90 Å². The summed E-state index contributed by atoms with van der Waals surface area (Å²) in [6.45, 7) is 10.7. The van der Waals surface area contributed by atoms with E-state index in [-0.39, 0.29) is 118 Å². The molecule has 0 saturated carbocycles. The fourth-order valence-corrected chi connectivity index (χ4v) is 11.5. The zero-order chi connectivity index (χ0) is 70.7. The van der Waals surface area contributed by atoms with Gasteiger partial charge >= 0.3 is 36.7 Å². The third-order valence-corrected chi connectivity index (χ3v) is 18.2. The molecule has 550 valence electrons. The minimum atomic E-state index is -3.50. The second-order valence-corrected chi connectivity index (χ2v) is 31.0. The van der Waals surface area contributed by atoms with Gasteiger partial charge in [-0.3, -0.25) is 43.2 Å². The van der Waals surface area contributed by atoms with Gasteiger partial charge < -0.3 is 26.6 Å². The third kappa shape index (κ3) is 38.7. The molecule has 0 atom stereocenters. The number of halogens is 6. The van der Waals surface area contributed by atoms with Crippen molar-refractivity contribution in [3.63, 3.8) is 0 Å². The summed E-state index contributed by atoms with van der Waals surface area (Å²) in [7, 11) is 7.67. The molecule has 0 amide bonds. The monoisotopic (exact) mass is 1660 g/mol. The molecule has 0 aliphatic carbocycles. The number of nitrogens with zero attached hydrogens (tertiary/aromatic N) is 5. The number of sulfonamides is 2. The number of Topliss-reactive ketones (excluding diaryl/α,β-unsaturated/α-hetero) is 3. The summed E-state index contributed by atoms with van der Waals surface area (Å²) in [6.07, 6.45) is 0. The Morgan fingerprint density at radius 1 is 0.602 bits per heavy atom. The molecule has 1 aliphatic heterocycles. The summed E-state index contributed by atoms with van der Waals surface area (Å²) in [4.78, 5) is 57.3. The fourth-order valence-electron chi connectivity index (χ4n) is 7.48. The Hall–Kier alpha value is -6.50. The number of benzene rings is 7. The molecule has 1 heterocycles. The third-order valence-electron chi connectivity index (χ3n) is 12.5. The standard InChI is InChI=1S/C17H19ClN2O3S.C14H12N2O3.C9H12N2O2S.C8H7ClO.C6H6N2O2.C6H15N.C2H4Cl2O2S.4CH4.2ClH.Sn.4H2/c1-20(24(22,23)12-11-18)16-10-6-5-9-15(16)19-13-17(21)14-7-3-2-4-8-14;17-14(11-6-2-1-3-7-11)10-15-12-8-4-5-9-13(12)16(18)19;1-11-9-5-3-2-4-8(9)10-6-7-14(11,12)13;9-6-8(10)7-4-2-1-3-5-7;7-5-3-1-2-4-6(5)8(9)10;1-4-7(5-2)6-3;3-1-2-7(4,5)6;;;;;;;;;;;/h2-10,19H,11-13H2,1H3;1-9,15H,10H2;2-5,10H,6-7H2,1H3;1-5H,6H2;1-4H,7H2;4-6H2,1-3H3;1-2H2;4*1H4;2*1H;;4*1H/q;;;;;;;;;;;;;+2;;;;/p-2/i;;;;;;;;;;;;;;4*1+1. The molecule has 0 aromatic heterocycles. The molecular formula is C66H99Cl6N9O13S3Sn. The number of nitrogens with one attached hydrogen (secondary N) is 3. The van der Waals surface area contributed by atoms with E-state index in [2.05, 4.69) is 41.6 Å². The maximum atomic E-state index is 12.2. The number of ketones is 3. The van der Waals surface area contributed by atoms with Gasteiger partial charge in [0.25, 0.3) is 11.4 Å². The van der Waals surface area contributed by atoms with Crippen LogP contribution in [0.2, 0.25) is 0 Å². The van der Waals surface area contributed by atoms with Crippen molar-refractivity contribution in [1.29, 1.82) is 0 Å². The first-order chi connectivity index (χ1) is 44.6. The van der Waals surface area contributed by atoms with Crippen LogP contribution in [0.25, 0.3) is 0 Å². The normalized spacial score (nSPS) is 11.0. The number of anilines is 6. The average Bonchev–Trinajstić information content (AvgIpc) is 1.46. The van der Waals surface area contributed by atoms with Crippen molar-refractivity contribution in [3.05, 3.63) is 225 Å². The van der Waals surface area contributed by atoms with Gasteiger partial charge in [-0.05, 0) is 56.0 Å². The van der Waals surface area contributed by atoms with Gasteiger partial charge in [0, 0.05) is 77.6 Å². The Kier molecular flexibility index (Phi) is 54.3. The molecule has 32 heteroatoms. The van der Waals surface area contributed by atoms with Crippen LogP contribution in [0.4, 0.5) is 45.5 Å². The van der Waals surface area contributed by atoms with Crippen molar-refractivity contribution in [2.24, 2.45) is 0 Å². The molecule has 8 rings (SSSR count). The van der Waals surface area contributed by atoms with Crippen molar-refractivity contribution in [3.8, 4) is 0 Å². The number of nitro benzene ring substituents is 2. The zero-order valence-electron chi connectivity index (χ0n) is 52.0. The van der Waals surface area contributed by atoms with E-state index in [1.54, 1.807) is 128 Å². The summed E-state index contributed by atoms with van der Waals surface area (Å²) in [6, 6.07) is 53.4. The number of carbonyl (C=O) groups excluding carboxylic acids is 3. The van der Waals surface area contributed by atoms with E-state index in [1.807, 2.05) is 48.5 Å². The number of carbonyl (C=O) groups is 3. The summed E-state index contributed by atoms with van der Waals surface area (Å²) < 4.78 is 70.0. The quantitative estimate of drug-likeness (QED) is 0.00988. The Labute approximate surface area is 623 Å². The summed E-state index contributed by atoms with van der Waals surface area (Å²) in [5, 5.41) is 29.9. The number of fused-ring (bicyclic) bond motifs is 1. The van der Waals surface area contributed by atoms with Crippen molar-refractivity contribution in [2.75, 3.05) is 119 Å². The number of nitrogens with two attached hydrogens (primary N) is 1. The molecule has 0 saturated heterocycles. The van der Waals surface area contributed by atoms with E-state index in [9.17, 15) is 59.9 Å². The van der Waals surface area contributed by atoms with E-state index in [4.69, 9.17) is 69.1 Å². The van der Waals surface area contributed by atoms with E-state index in [1.165, 1.54) is 53.5 Å². The SMILES string of the molecule is C.C.C.C.CCN(CC)CC.CN(c1ccccc1NCC(=O)c1ccccc1)S(=O)(=O)CCCl.CN1c2ccccc2NCCS1(=O)=O.Nc1ccccc1[N+](=O)[O-].O=C(CCl)c1ccccc1.O=C(CNc1ccccc1[N+](=O)[O-])c1ccccc1.O=S(=O)(Cl)CCCl.[2HH].[2HH].[2HH].[2HH].[Cl][Sn][Cl]. The van der Waals surface area contributed by atoms with Gasteiger partial charge in [0.2, 0.25) is 29.1 Å². The predicted molar refractivity (Wildman–Crippen MR) is 424 cm³/mol. The molecule has 1 aliphatic rings. The van der Waals surface area contributed by atoms with Crippen molar-refractivity contribution >= 4 is 174 Å². The molecule has 0 spiro atoms. The number of para-hydroxylation sites is 8. The zero-order valence-corrected chi connectivity index (χ0v) is 61.8. The molecular weight excluding hydrogens is 1550 g/mol. The van der Waals surface area contributed by atoms with Gasteiger partial charge in [-0.1, -0.05) is 190 Å². The molecule has 0 unspecified atom stereocenters. The van der Waals surface area contributed by atoms with Gasteiger partial charge in [-0.15, -0.1) is 34.8 Å². The van der Waals surface area contributed by atoms with Gasteiger partial charge in [-0.2, -0.15) is 0 Å². The number of nitro groups is 2. The Morgan fingerprint density at radius 2 is 0.980 bits per heavy atom. The maximum absolute atomic E-state index is 12.2. The van der Waals surface area contributed by atoms with Crippen molar-refractivity contribution in [2.45, 2.75) is 50.5 Å². The first-order valence-corrected chi connectivity index (χ1v) is 42.7. The second-order valence-electron chi connectivity index (χ2n) is 18.6. The molecule has 22 nitrogen and oxygen atoms in total. The summed E-state index contributed by atoms with van der Waals surface area (Å²) in [5.41, 5.74) is 10.2. The second kappa shape index (κ2) is 54.3. The van der Waals surface area contributed by atoms with Crippen LogP contribution < -0.4 is 30.3 Å². The van der Waals surface area contributed by atoms with Crippen LogP contribution in [-0.4, -0.2) is 165 Å². The van der Waals surface area contributed by atoms with Crippen molar-refractivity contribution < 1.29 is 55.2 Å². The fraction of sp³-hybridized carbons (Fsp3) is 0.318. The molecule has 7 aromatic carbocycles. The molecule has 0 bridgehead atoms. The first-order valence-electron chi connectivity index (χ1n) is 28.2. The number of rotatable bonds is 21. The number of hydrogen-bond acceptors (Lipinski definition) is 18. The van der Waals surface area contributed by atoms with Gasteiger partial charge in [0.05, 0.1) is 68.8 Å². The van der Waals surface area contributed by atoms with Crippen LogP contribution >= 0.6 is 63.3 Å². The topological polar surface area (TPSA) is 312 Å². The van der Waals surface area contributed by atoms with Crippen LogP contribution in [0.3, 0.4) is 0 Å². The van der Waals surface area contributed by atoms with E-state index >= 15 is 0 Å². The van der Waals surface area contributed by atoms with E-state index in [0.717, 1.165) is 5.69 Å². The van der Waals surface area contributed by atoms with Crippen LogP contribution in [0, 0.1) is 20.2 Å². The van der Waals surface area contributed by atoms with E-state index < -0.39 is 57.8 Å². The predicted octanol–water partition coefficient (Wildman–Crippen LogP) is 16.7. The molecule has 7 aromatic rings. The minimum absolute atomic E-state index is 0. The molecule has 2 radical (unpaired) electrons. The summed E-state index contributed by atoms with van der Waals surface area (Å²) in [5.74, 6) is -0.237. The number of hydrogen-bond donors (Lipinski definition) is 4. The summed E-state index contributed by atoms with van der Waals surface area (Å²) >= 11 is 15.1. The van der Waals surface area contributed by atoms with Crippen LogP contribution in [0.5, 0.6) is 0 Å². The Balaban J connectivity index is -0.000000172. The molecule has 0 fully saturated rings. The first kappa shape index (κ1) is 97.9. The van der Waals surface area contributed by atoms with Crippen LogP contribution in [0.1, 0.15) is 87.3 Å². The van der Waals surface area contributed by atoms with Crippen LogP contribution in [-0.2, 0) is 29.1 Å². The number of nitrogen functional groups attached to an aromatic ring is 1. The Morgan fingerprint density at radius 3 is 1.37 bits per heavy atom. The number of alkyl halides is 3. The van der Waals surface area contributed by atoms with Gasteiger partial charge in [0.15, 0.2) is 17.3 Å². The molecule has 98 heavy (non-hydrogen) atoms.